The van der Waals surface area contributed by atoms with Crippen molar-refractivity contribution in [1.29, 1.82) is 0 Å². The molecule has 0 aromatic rings. The Kier molecular flexibility index (Phi) is 2.75. The maximum atomic E-state index is 9.00. The molecule has 1 heteroatoms. The number of hydrogen-bond donors (Lipinski definition) is 1. The molecule has 0 amide bonds. The van der Waals surface area contributed by atoms with Crippen LogP contribution in [0.15, 0.2) is 24.5 Å². The van der Waals surface area contributed by atoms with Crippen molar-refractivity contribution in [3.05, 3.63) is 24.5 Å². The van der Waals surface area contributed by atoms with Gasteiger partial charge in [-0.1, -0.05) is 25.7 Å². The van der Waals surface area contributed by atoms with E-state index in [2.05, 4.69) is 25.7 Å². The summed E-state index contributed by atoms with van der Waals surface area (Å²) in [7, 11) is 0. The molecule has 0 unspecified atom stereocenters. The lowest BCUT2D eigenvalue weighted by Crippen LogP contribution is -2.13. The van der Waals surface area contributed by atoms with E-state index in [1.165, 1.54) is 6.42 Å². The summed E-state index contributed by atoms with van der Waals surface area (Å²) in [6.07, 6.45) is 7.57. The predicted octanol–water partition coefficient (Wildman–Crippen LogP) is 3.05. The molecule has 11 heavy (non-hydrogen) atoms. The van der Waals surface area contributed by atoms with Gasteiger partial charge in [-0.15, -0.1) is 0 Å². The van der Waals surface area contributed by atoms with Gasteiger partial charge in [0.1, 0.15) is 0 Å². The quantitative estimate of drug-likeness (QED) is 0.476. The lowest BCUT2D eigenvalue weighted by molar-refractivity contribution is 0.303. The van der Waals surface area contributed by atoms with Gasteiger partial charge >= 0.3 is 0 Å². The zero-order valence-corrected chi connectivity index (χ0v) is 7.09. The van der Waals surface area contributed by atoms with E-state index in [0.29, 0.717) is 17.6 Å². The van der Waals surface area contributed by atoms with Crippen molar-refractivity contribution in [3.8, 4) is 0 Å². The Balaban J connectivity index is 2.45. The van der Waals surface area contributed by atoms with E-state index in [0.717, 1.165) is 12.8 Å². The van der Waals surface area contributed by atoms with Crippen LogP contribution in [0.3, 0.4) is 0 Å². The Morgan fingerprint density at radius 3 is 3.00 bits per heavy atom. The van der Waals surface area contributed by atoms with Gasteiger partial charge in [0.05, 0.1) is 5.76 Å². The van der Waals surface area contributed by atoms with E-state index in [4.69, 9.17) is 5.11 Å². The summed E-state index contributed by atoms with van der Waals surface area (Å²) in [5, 5.41) is 9.00. The molecule has 0 saturated heterocycles. The molecule has 0 aromatic heterocycles. The Hall–Kier alpha value is -0.720. The second kappa shape index (κ2) is 3.61. The number of aliphatic hydroxyl groups excluding tert-OH is 1. The number of allylic oxidation sites excluding steroid dienone is 3. The highest BCUT2D eigenvalue weighted by Gasteiger charge is 2.17. The highest BCUT2D eigenvalue weighted by molar-refractivity contribution is 4.98. The van der Waals surface area contributed by atoms with Crippen LogP contribution in [0, 0.1) is 11.8 Å². The highest BCUT2D eigenvalue weighted by atomic mass is 16.3. The molecule has 0 heterocycles. The smallest absolute Gasteiger partial charge is 0.0854 e. The molecule has 1 aliphatic rings. The molecule has 1 rings (SSSR count). The molecule has 0 aliphatic heterocycles. The first kappa shape index (κ1) is 8.38. The summed E-state index contributed by atoms with van der Waals surface area (Å²) in [4.78, 5) is 0. The minimum Gasteiger partial charge on any atom is -0.513 e. The molecule has 2 atom stereocenters. The Bertz CT molecular complexity index is 170. The van der Waals surface area contributed by atoms with Gasteiger partial charge in [-0.3, -0.25) is 0 Å². The van der Waals surface area contributed by atoms with Gasteiger partial charge in [0, 0.05) is 6.42 Å². The normalized spacial score (nSPS) is 30.3. The summed E-state index contributed by atoms with van der Waals surface area (Å²) >= 11 is 0. The summed E-state index contributed by atoms with van der Waals surface area (Å²) in [5.41, 5.74) is 0. The SMILES string of the molecule is C=C(O)C[C@H]1CCC=C[C@@H]1C. The maximum Gasteiger partial charge on any atom is 0.0854 e. The summed E-state index contributed by atoms with van der Waals surface area (Å²) in [6.45, 7) is 5.71. The number of hydrogen-bond acceptors (Lipinski definition) is 1. The number of aliphatic hydroxyl groups is 1. The van der Waals surface area contributed by atoms with Gasteiger partial charge in [0.2, 0.25) is 0 Å². The second-order valence-electron chi connectivity index (χ2n) is 3.40. The first-order valence-corrected chi connectivity index (χ1v) is 4.23. The lowest BCUT2D eigenvalue weighted by atomic mass is 9.83. The van der Waals surface area contributed by atoms with Gasteiger partial charge in [-0.25, -0.2) is 0 Å². The van der Waals surface area contributed by atoms with E-state index in [-0.39, 0.29) is 0 Å². The molecule has 0 saturated carbocycles. The van der Waals surface area contributed by atoms with Crippen LogP contribution in [0.2, 0.25) is 0 Å². The van der Waals surface area contributed by atoms with E-state index >= 15 is 0 Å². The minimum absolute atomic E-state index is 0.331. The van der Waals surface area contributed by atoms with Gasteiger partial charge < -0.3 is 5.11 Å². The van der Waals surface area contributed by atoms with E-state index in [1.807, 2.05) is 0 Å². The van der Waals surface area contributed by atoms with Crippen LogP contribution in [-0.4, -0.2) is 5.11 Å². The maximum absolute atomic E-state index is 9.00. The molecule has 0 bridgehead atoms. The highest BCUT2D eigenvalue weighted by Crippen LogP contribution is 2.28. The first-order valence-electron chi connectivity index (χ1n) is 4.23. The molecule has 1 aliphatic carbocycles. The third kappa shape index (κ3) is 2.41. The lowest BCUT2D eigenvalue weighted by Gasteiger charge is -2.23. The van der Waals surface area contributed by atoms with Crippen LogP contribution in [0.4, 0.5) is 0 Å². The topological polar surface area (TPSA) is 20.2 Å². The van der Waals surface area contributed by atoms with Crippen molar-refractivity contribution in [2.45, 2.75) is 26.2 Å². The van der Waals surface area contributed by atoms with Gasteiger partial charge in [-0.05, 0) is 24.7 Å². The Morgan fingerprint density at radius 1 is 1.73 bits per heavy atom. The zero-order chi connectivity index (χ0) is 8.27. The summed E-state index contributed by atoms with van der Waals surface area (Å²) in [5.74, 6) is 1.54. The van der Waals surface area contributed by atoms with Crippen molar-refractivity contribution < 1.29 is 5.11 Å². The Labute approximate surface area is 68.4 Å². The fourth-order valence-electron chi connectivity index (χ4n) is 1.63. The second-order valence-corrected chi connectivity index (χ2v) is 3.40. The summed E-state index contributed by atoms with van der Waals surface area (Å²) in [6, 6.07) is 0. The minimum atomic E-state index is 0.331. The molecule has 0 radical (unpaired) electrons. The molecule has 1 N–H and O–H groups in total. The molecular formula is C10H16O. The van der Waals surface area contributed by atoms with Gasteiger partial charge in [0.25, 0.3) is 0 Å². The van der Waals surface area contributed by atoms with E-state index < -0.39 is 0 Å². The van der Waals surface area contributed by atoms with Crippen LogP contribution in [0.1, 0.15) is 26.2 Å². The van der Waals surface area contributed by atoms with Crippen LogP contribution in [0.5, 0.6) is 0 Å². The van der Waals surface area contributed by atoms with Crippen molar-refractivity contribution >= 4 is 0 Å². The van der Waals surface area contributed by atoms with Crippen LogP contribution >= 0.6 is 0 Å². The van der Waals surface area contributed by atoms with Crippen molar-refractivity contribution in [1.82, 2.24) is 0 Å². The standard InChI is InChI=1S/C10H16O/c1-8-5-3-4-6-10(8)7-9(2)11/h3,5,8,10-11H,2,4,6-7H2,1H3/t8-,10+/m0/s1. The molecule has 0 aromatic carbocycles. The fraction of sp³-hybridized carbons (Fsp3) is 0.600. The van der Waals surface area contributed by atoms with Gasteiger partial charge in [0.15, 0.2) is 0 Å². The van der Waals surface area contributed by atoms with Crippen LogP contribution in [-0.2, 0) is 0 Å². The molecule has 1 nitrogen and oxygen atoms in total. The van der Waals surface area contributed by atoms with Crippen molar-refractivity contribution in [3.63, 3.8) is 0 Å². The van der Waals surface area contributed by atoms with Crippen LogP contribution < -0.4 is 0 Å². The molecule has 0 spiro atoms. The van der Waals surface area contributed by atoms with Crippen LogP contribution in [0.25, 0.3) is 0 Å². The first-order chi connectivity index (χ1) is 5.20. The third-order valence-electron chi connectivity index (χ3n) is 2.39. The predicted molar refractivity (Wildman–Crippen MR) is 47.4 cm³/mol. The average molecular weight is 152 g/mol. The number of rotatable bonds is 2. The van der Waals surface area contributed by atoms with Crippen molar-refractivity contribution in [2.24, 2.45) is 11.8 Å². The zero-order valence-electron chi connectivity index (χ0n) is 7.09. The Morgan fingerprint density at radius 2 is 2.45 bits per heavy atom. The molecule has 62 valence electrons. The molecular weight excluding hydrogens is 136 g/mol. The monoisotopic (exact) mass is 152 g/mol. The van der Waals surface area contributed by atoms with E-state index in [9.17, 15) is 0 Å². The van der Waals surface area contributed by atoms with Gasteiger partial charge in [-0.2, -0.15) is 0 Å². The summed E-state index contributed by atoms with van der Waals surface area (Å²) < 4.78 is 0. The third-order valence-corrected chi connectivity index (χ3v) is 2.39. The van der Waals surface area contributed by atoms with Crippen molar-refractivity contribution in [2.75, 3.05) is 0 Å². The average Bonchev–Trinajstić information content (AvgIpc) is 1.93. The molecule has 0 fully saturated rings. The van der Waals surface area contributed by atoms with E-state index in [1.54, 1.807) is 0 Å². The fourth-order valence-corrected chi connectivity index (χ4v) is 1.63. The largest absolute Gasteiger partial charge is 0.513 e.